The normalized spacial score (nSPS) is 21.7. The first kappa shape index (κ1) is 36.7. The lowest BCUT2D eigenvalue weighted by Crippen LogP contribution is -2.56. The van der Waals surface area contributed by atoms with E-state index in [2.05, 4.69) is 15.5 Å². The van der Waals surface area contributed by atoms with Gasteiger partial charge in [-0.3, -0.25) is 14.5 Å². The van der Waals surface area contributed by atoms with Crippen molar-refractivity contribution in [3.8, 4) is 0 Å². The SMILES string of the molecule is CCC(NC(=O)C(Cc1ccccc1)CS(=O)(=O)N(C)CCN1CCOCC1)C(=O)NC(CC1CCCCC1)C(O)[C@@H](O)C1CC1. The number of aliphatic hydroxyl groups excluding tert-OH is 2. The van der Waals surface area contributed by atoms with Crippen LogP contribution in [0.15, 0.2) is 30.3 Å². The van der Waals surface area contributed by atoms with Crippen LogP contribution in [0.25, 0.3) is 0 Å². The molecule has 0 bridgehead atoms. The van der Waals surface area contributed by atoms with Crippen molar-refractivity contribution in [3.63, 3.8) is 0 Å². The Labute approximate surface area is 275 Å². The fourth-order valence-corrected chi connectivity index (χ4v) is 8.09. The minimum absolute atomic E-state index is 0.0510. The van der Waals surface area contributed by atoms with Crippen molar-refractivity contribution in [1.82, 2.24) is 19.8 Å². The van der Waals surface area contributed by atoms with Gasteiger partial charge in [-0.25, -0.2) is 12.7 Å². The van der Waals surface area contributed by atoms with Gasteiger partial charge in [0.1, 0.15) is 12.1 Å². The van der Waals surface area contributed by atoms with E-state index in [1.807, 2.05) is 30.3 Å². The average molecular weight is 665 g/mol. The van der Waals surface area contributed by atoms with Crippen molar-refractivity contribution >= 4 is 21.8 Å². The molecule has 1 heterocycles. The lowest BCUT2D eigenvalue weighted by molar-refractivity contribution is -0.132. The Balaban J connectivity index is 1.42. The Bertz CT molecular complexity index is 1190. The fraction of sp³-hybridized carbons (Fsp3) is 0.765. The van der Waals surface area contributed by atoms with Gasteiger partial charge in [-0.15, -0.1) is 0 Å². The number of amides is 2. The average Bonchev–Trinajstić information content (AvgIpc) is 3.92. The van der Waals surface area contributed by atoms with E-state index < -0.39 is 52.0 Å². The maximum atomic E-state index is 13.8. The number of likely N-dealkylation sites (N-methyl/N-ethyl adjacent to an activating group) is 1. The molecular formula is C34H56N4O7S. The summed E-state index contributed by atoms with van der Waals surface area (Å²) in [4.78, 5) is 29.6. The molecule has 46 heavy (non-hydrogen) atoms. The Hall–Kier alpha value is -2.09. The van der Waals surface area contributed by atoms with Crippen molar-refractivity contribution in [2.45, 2.75) is 95.4 Å². The lowest BCUT2D eigenvalue weighted by atomic mass is 9.82. The highest BCUT2D eigenvalue weighted by Gasteiger charge is 2.40. The highest BCUT2D eigenvalue weighted by Crippen LogP contribution is 2.36. The van der Waals surface area contributed by atoms with E-state index in [1.165, 1.54) is 10.7 Å². The third-order valence-electron chi connectivity index (χ3n) is 9.97. The van der Waals surface area contributed by atoms with Gasteiger partial charge in [0, 0.05) is 33.2 Å². The molecule has 4 N–H and O–H groups in total. The van der Waals surface area contributed by atoms with E-state index in [9.17, 15) is 28.2 Å². The number of morpholine rings is 1. The molecular weight excluding hydrogens is 608 g/mol. The summed E-state index contributed by atoms with van der Waals surface area (Å²) in [5.74, 6) is -1.82. The van der Waals surface area contributed by atoms with Gasteiger partial charge in [0.15, 0.2) is 0 Å². The van der Waals surface area contributed by atoms with Gasteiger partial charge in [-0.05, 0) is 49.5 Å². The standard InChI is InChI=1S/C34H56N4O7S/c1-3-29(34(42)36-30(23-26-12-8-5-9-13-26)32(40)31(39)27-14-15-27)35-33(41)28(22-25-10-6-4-7-11-25)24-46(43,44)37(2)16-17-38-18-20-45-21-19-38/h4,6-7,10-11,26-32,39-40H,3,5,8-9,12-24H2,1-2H3,(H,35,41)(H,36,42)/t28?,29?,30?,31-,32?/m0/s1. The third kappa shape index (κ3) is 11.3. The first-order valence-corrected chi connectivity index (χ1v) is 18.9. The van der Waals surface area contributed by atoms with Crippen LogP contribution in [-0.2, 0) is 30.8 Å². The minimum atomic E-state index is -3.79. The number of nitrogens with zero attached hydrogens (tertiary/aromatic N) is 2. The maximum Gasteiger partial charge on any atom is 0.242 e. The molecule has 12 heteroatoms. The Morgan fingerprint density at radius 1 is 1.00 bits per heavy atom. The number of aliphatic hydroxyl groups is 2. The number of carbonyl (C=O) groups excluding carboxylic acids is 2. The summed E-state index contributed by atoms with van der Waals surface area (Å²) in [7, 11) is -2.25. The highest BCUT2D eigenvalue weighted by atomic mass is 32.2. The van der Waals surface area contributed by atoms with Crippen molar-refractivity contribution in [1.29, 1.82) is 0 Å². The molecule has 1 saturated heterocycles. The van der Waals surface area contributed by atoms with Crippen molar-refractivity contribution in [2.75, 3.05) is 52.2 Å². The van der Waals surface area contributed by atoms with E-state index in [4.69, 9.17) is 4.74 Å². The number of benzene rings is 1. The number of nitrogens with one attached hydrogen (secondary N) is 2. The molecule has 11 nitrogen and oxygen atoms in total. The van der Waals surface area contributed by atoms with Crippen LogP contribution < -0.4 is 10.6 Å². The molecule has 3 fully saturated rings. The summed E-state index contributed by atoms with van der Waals surface area (Å²) in [5.41, 5.74) is 0.830. The number of sulfonamides is 1. The van der Waals surface area contributed by atoms with E-state index in [1.54, 1.807) is 14.0 Å². The van der Waals surface area contributed by atoms with Crippen LogP contribution in [0.1, 0.15) is 70.3 Å². The molecule has 2 amide bonds. The van der Waals surface area contributed by atoms with Gasteiger partial charge in [0.25, 0.3) is 0 Å². The van der Waals surface area contributed by atoms with E-state index >= 15 is 0 Å². The largest absolute Gasteiger partial charge is 0.390 e. The van der Waals surface area contributed by atoms with Crippen LogP contribution in [0.3, 0.4) is 0 Å². The Kier molecular flexibility index (Phi) is 14.3. The Morgan fingerprint density at radius 3 is 2.30 bits per heavy atom. The summed E-state index contributed by atoms with van der Waals surface area (Å²) < 4.78 is 33.7. The number of ether oxygens (including phenoxy) is 1. The zero-order chi connectivity index (χ0) is 33.1. The van der Waals surface area contributed by atoms with Gasteiger partial charge in [-0.1, -0.05) is 69.4 Å². The van der Waals surface area contributed by atoms with Crippen molar-refractivity contribution in [3.05, 3.63) is 35.9 Å². The van der Waals surface area contributed by atoms with Crippen LogP contribution in [0.2, 0.25) is 0 Å². The van der Waals surface area contributed by atoms with Crippen molar-refractivity contribution < 1.29 is 33.0 Å². The highest BCUT2D eigenvalue weighted by molar-refractivity contribution is 7.89. The number of hydrogen-bond donors (Lipinski definition) is 4. The Morgan fingerprint density at radius 2 is 1.67 bits per heavy atom. The van der Waals surface area contributed by atoms with Gasteiger partial charge in [-0.2, -0.15) is 0 Å². The zero-order valence-corrected chi connectivity index (χ0v) is 28.5. The molecule has 4 unspecified atom stereocenters. The molecule has 2 saturated carbocycles. The van der Waals surface area contributed by atoms with Crippen LogP contribution in [0.4, 0.5) is 0 Å². The maximum absolute atomic E-state index is 13.8. The smallest absolute Gasteiger partial charge is 0.242 e. The molecule has 4 rings (SSSR count). The number of rotatable bonds is 18. The summed E-state index contributed by atoms with van der Waals surface area (Å²) >= 11 is 0. The van der Waals surface area contributed by atoms with E-state index in [0.29, 0.717) is 45.1 Å². The molecule has 3 aliphatic rings. The molecule has 0 spiro atoms. The molecule has 260 valence electrons. The first-order chi connectivity index (χ1) is 22.1. The van der Waals surface area contributed by atoms with Gasteiger partial charge in [0.05, 0.1) is 37.0 Å². The quantitative estimate of drug-likeness (QED) is 0.186. The molecule has 1 aromatic rings. The van der Waals surface area contributed by atoms with Gasteiger partial charge < -0.3 is 25.6 Å². The molecule has 5 atom stereocenters. The fourth-order valence-electron chi connectivity index (χ4n) is 6.70. The monoisotopic (exact) mass is 664 g/mol. The molecule has 2 aliphatic carbocycles. The molecule has 1 aromatic carbocycles. The summed E-state index contributed by atoms with van der Waals surface area (Å²) in [5, 5.41) is 27.7. The van der Waals surface area contributed by atoms with Crippen LogP contribution in [-0.4, -0.2) is 116 Å². The van der Waals surface area contributed by atoms with E-state index in [-0.39, 0.29) is 18.1 Å². The third-order valence-corrected chi connectivity index (χ3v) is 11.9. The summed E-state index contributed by atoms with van der Waals surface area (Å²) in [6.07, 6.45) is 6.31. The van der Waals surface area contributed by atoms with Crippen LogP contribution >= 0.6 is 0 Å². The second-order valence-corrected chi connectivity index (χ2v) is 15.7. The van der Waals surface area contributed by atoms with Gasteiger partial charge >= 0.3 is 0 Å². The lowest BCUT2D eigenvalue weighted by Gasteiger charge is -2.33. The minimum Gasteiger partial charge on any atom is -0.390 e. The van der Waals surface area contributed by atoms with Crippen molar-refractivity contribution in [2.24, 2.45) is 17.8 Å². The second-order valence-electron chi connectivity index (χ2n) is 13.6. The summed E-state index contributed by atoms with van der Waals surface area (Å²) in [6, 6.07) is 7.75. The van der Waals surface area contributed by atoms with Crippen LogP contribution in [0.5, 0.6) is 0 Å². The predicted molar refractivity (Wildman–Crippen MR) is 177 cm³/mol. The summed E-state index contributed by atoms with van der Waals surface area (Å²) in [6.45, 7) is 5.44. The molecule has 0 radical (unpaired) electrons. The van der Waals surface area contributed by atoms with E-state index in [0.717, 1.165) is 57.2 Å². The van der Waals surface area contributed by atoms with Gasteiger partial charge in [0.2, 0.25) is 21.8 Å². The van der Waals surface area contributed by atoms with Crippen LogP contribution in [0, 0.1) is 17.8 Å². The molecule has 1 aliphatic heterocycles. The topological polar surface area (TPSA) is 149 Å². The first-order valence-electron chi connectivity index (χ1n) is 17.3. The molecule has 0 aromatic heterocycles. The predicted octanol–water partition coefficient (Wildman–Crippen LogP) is 1.92. The number of carbonyl (C=O) groups is 2. The zero-order valence-electron chi connectivity index (χ0n) is 27.7. The number of hydrogen-bond acceptors (Lipinski definition) is 8. The second kappa shape index (κ2) is 17.9.